The van der Waals surface area contributed by atoms with Crippen molar-refractivity contribution in [1.82, 2.24) is 14.5 Å². The van der Waals surface area contributed by atoms with E-state index in [1.807, 2.05) is 47.4 Å². The SMILES string of the molecule is Cn1c(CCc2ccc(C(=N)N)cc2)nc2cc(N(Cc3ccccc3)C(=O)CCC3CCN(Cc4ccccc4)CC3)ccc21. The van der Waals surface area contributed by atoms with Crippen LogP contribution in [0.1, 0.15) is 53.8 Å². The molecular weight excluding hydrogens is 568 g/mol. The van der Waals surface area contributed by atoms with Crippen molar-refractivity contribution in [3.63, 3.8) is 0 Å². The molecular formula is C39H44N6O. The van der Waals surface area contributed by atoms with E-state index in [1.165, 1.54) is 11.1 Å². The average Bonchev–Trinajstić information content (AvgIpc) is 3.41. The number of rotatable bonds is 12. The van der Waals surface area contributed by atoms with E-state index >= 15 is 0 Å². The highest BCUT2D eigenvalue weighted by atomic mass is 16.2. The molecule has 0 spiro atoms. The number of nitrogen functional groups attached to an aromatic ring is 1. The number of benzene rings is 4. The molecule has 4 aromatic carbocycles. The van der Waals surface area contributed by atoms with E-state index < -0.39 is 0 Å². The number of nitrogens with two attached hydrogens (primary N) is 1. The van der Waals surface area contributed by atoms with Gasteiger partial charge in [-0.05, 0) is 79.6 Å². The summed E-state index contributed by atoms with van der Waals surface area (Å²) in [5.74, 6) is 1.83. The number of amides is 1. The molecule has 236 valence electrons. The summed E-state index contributed by atoms with van der Waals surface area (Å²) in [5.41, 5.74) is 12.9. The van der Waals surface area contributed by atoms with Crippen LogP contribution in [0.15, 0.2) is 103 Å². The molecule has 7 heteroatoms. The zero-order valence-corrected chi connectivity index (χ0v) is 26.7. The summed E-state index contributed by atoms with van der Waals surface area (Å²) in [4.78, 5) is 23.4. The second kappa shape index (κ2) is 14.6. The van der Waals surface area contributed by atoms with Gasteiger partial charge in [-0.15, -0.1) is 0 Å². The molecule has 1 aliphatic heterocycles. The predicted octanol–water partition coefficient (Wildman–Crippen LogP) is 6.87. The van der Waals surface area contributed by atoms with Crippen molar-refractivity contribution in [2.24, 2.45) is 18.7 Å². The number of nitrogens with zero attached hydrogens (tertiary/aromatic N) is 4. The molecule has 7 nitrogen and oxygen atoms in total. The van der Waals surface area contributed by atoms with Gasteiger partial charge in [0.1, 0.15) is 11.7 Å². The van der Waals surface area contributed by atoms with Crippen molar-refractivity contribution in [3.05, 3.63) is 131 Å². The summed E-state index contributed by atoms with van der Waals surface area (Å²) in [7, 11) is 2.06. The van der Waals surface area contributed by atoms with E-state index in [4.69, 9.17) is 16.1 Å². The number of nitrogens with one attached hydrogen (secondary N) is 1. The van der Waals surface area contributed by atoms with Gasteiger partial charge in [0.2, 0.25) is 5.91 Å². The minimum absolute atomic E-state index is 0.0809. The number of piperidine rings is 1. The van der Waals surface area contributed by atoms with E-state index in [0.717, 1.165) is 85.4 Å². The van der Waals surface area contributed by atoms with Crippen molar-refractivity contribution in [3.8, 4) is 0 Å². The summed E-state index contributed by atoms with van der Waals surface area (Å²) < 4.78 is 2.15. The van der Waals surface area contributed by atoms with Gasteiger partial charge in [-0.25, -0.2) is 4.98 Å². The smallest absolute Gasteiger partial charge is 0.227 e. The number of carbonyl (C=O) groups excluding carboxylic acids is 1. The van der Waals surface area contributed by atoms with Crippen molar-refractivity contribution < 1.29 is 4.79 Å². The molecule has 0 saturated carbocycles. The molecule has 1 amide bonds. The number of aromatic nitrogens is 2. The maximum Gasteiger partial charge on any atom is 0.227 e. The van der Waals surface area contributed by atoms with Crippen molar-refractivity contribution in [2.75, 3.05) is 18.0 Å². The number of amidine groups is 1. The van der Waals surface area contributed by atoms with Crippen LogP contribution in [0.5, 0.6) is 0 Å². The number of likely N-dealkylation sites (tertiary alicyclic amines) is 1. The maximum atomic E-state index is 13.9. The molecule has 0 atom stereocenters. The number of fused-ring (bicyclic) bond motifs is 1. The van der Waals surface area contributed by atoms with Gasteiger partial charge < -0.3 is 15.2 Å². The summed E-state index contributed by atoms with van der Waals surface area (Å²) in [6.07, 6.45) is 5.38. The fourth-order valence-electron chi connectivity index (χ4n) is 6.56. The standard InChI is InChI=1S/C39H44N6O/c1-43-36-19-18-34(26-35(36)42-37(43)20-14-29-12-16-33(17-13-29)39(40)41)45(28-32-10-6-3-7-11-32)38(46)21-15-30-22-24-44(25-23-30)27-31-8-4-2-5-9-31/h2-13,16-19,26,30H,14-15,20-25,27-28H2,1H3,(H3,40,41). The van der Waals surface area contributed by atoms with Gasteiger partial charge in [0.15, 0.2) is 0 Å². The predicted molar refractivity (Wildman–Crippen MR) is 187 cm³/mol. The Balaban J connectivity index is 1.12. The van der Waals surface area contributed by atoms with Crippen LogP contribution in [0.25, 0.3) is 11.0 Å². The van der Waals surface area contributed by atoms with E-state index in [9.17, 15) is 4.79 Å². The lowest BCUT2D eigenvalue weighted by Gasteiger charge is -2.32. The molecule has 1 aromatic heterocycles. The first-order valence-corrected chi connectivity index (χ1v) is 16.4. The van der Waals surface area contributed by atoms with Crippen LogP contribution in [-0.2, 0) is 37.8 Å². The molecule has 3 N–H and O–H groups in total. The van der Waals surface area contributed by atoms with Crippen LogP contribution in [0, 0.1) is 11.3 Å². The average molecular weight is 613 g/mol. The van der Waals surface area contributed by atoms with Gasteiger partial charge in [0.05, 0.1) is 17.6 Å². The molecule has 6 rings (SSSR count). The topological polar surface area (TPSA) is 91.2 Å². The summed E-state index contributed by atoms with van der Waals surface area (Å²) in [6, 6.07) is 35.0. The molecule has 1 saturated heterocycles. The third-order valence-electron chi connectivity index (χ3n) is 9.38. The Morgan fingerprint density at radius 3 is 2.22 bits per heavy atom. The van der Waals surface area contributed by atoms with E-state index in [2.05, 4.69) is 77.2 Å². The largest absolute Gasteiger partial charge is 0.384 e. The molecule has 0 aliphatic carbocycles. The van der Waals surface area contributed by atoms with Crippen LogP contribution in [0.4, 0.5) is 5.69 Å². The van der Waals surface area contributed by atoms with E-state index in [-0.39, 0.29) is 11.7 Å². The highest BCUT2D eigenvalue weighted by Crippen LogP contribution is 2.28. The lowest BCUT2D eigenvalue weighted by atomic mass is 9.91. The van der Waals surface area contributed by atoms with Crippen molar-refractivity contribution in [2.45, 2.75) is 51.6 Å². The molecule has 0 radical (unpaired) electrons. The molecule has 5 aromatic rings. The number of aryl methyl sites for hydroxylation is 3. The van der Waals surface area contributed by atoms with E-state index in [1.54, 1.807) is 0 Å². The number of hydrogen-bond acceptors (Lipinski definition) is 4. The van der Waals surface area contributed by atoms with Gasteiger partial charge >= 0.3 is 0 Å². The highest BCUT2D eigenvalue weighted by molar-refractivity contribution is 5.95. The Hall–Kier alpha value is -4.75. The number of anilines is 1. The Bertz CT molecular complexity index is 1760. The number of carbonyl (C=O) groups is 1. The van der Waals surface area contributed by atoms with Crippen LogP contribution >= 0.6 is 0 Å². The van der Waals surface area contributed by atoms with Crippen LogP contribution in [0.2, 0.25) is 0 Å². The molecule has 0 unspecified atom stereocenters. The van der Waals surface area contributed by atoms with Crippen molar-refractivity contribution in [1.29, 1.82) is 5.41 Å². The second-order valence-electron chi connectivity index (χ2n) is 12.6. The van der Waals surface area contributed by atoms with Gasteiger partial charge in [-0.2, -0.15) is 0 Å². The minimum Gasteiger partial charge on any atom is -0.384 e. The summed E-state index contributed by atoms with van der Waals surface area (Å²) in [5, 5.41) is 7.62. The first kappa shape index (κ1) is 31.2. The summed E-state index contributed by atoms with van der Waals surface area (Å²) >= 11 is 0. The van der Waals surface area contributed by atoms with Crippen LogP contribution < -0.4 is 10.6 Å². The fraction of sp³-hybridized carbons (Fsp3) is 0.308. The molecule has 46 heavy (non-hydrogen) atoms. The van der Waals surface area contributed by atoms with Gasteiger partial charge in [-0.3, -0.25) is 15.1 Å². The first-order chi connectivity index (χ1) is 22.4. The van der Waals surface area contributed by atoms with Gasteiger partial charge in [0.25, 0.3) is 0 Å². The number of hydrogen-bond donors (Lipinski definition) is 2. The lowest BCUT2D eigenvalue weighted by molar-refractivity contribution is -0.119. The summed E-state index contributed by atoms with van der Waals surface area (Å²) in [6.45, 7) is 3.72. The quantitative estimate of drug-likeness (QED) is 0.119. The second-order valence-corrected chi connectivity index (χ2v) is 12.6. The van der Waals surface area contributed by atoms with E-state index in [0.29, 0.717) is 18.9 Å². The number of imidazole rings is 1. The highest BCUT2D eigenvalue weighted by Gasteiger charge is 2.23. The van der Waals surface area contributed by atoms with Gasteiger partial charge in [0, 0.05) is 37.7 Å². The minimum atomic E-state index is 0.0809. The Morgan fingerprint density at radius 2 is 1.54 bits per heavy atom. The maximum absolute atomic E-state index is 13.9. The Kier molecular flexibility index (Phi) is 9.89. The molecule has 1 aliphatic rings. The molecule has 2 heterocycles. The normalized spacial score (nSPS) is 14.0. The Labute approximate surface area is 272 Å². The fourth-order valence-corrected chi connectivity index (χ4v) is 6.56. The van der Waals surface area contributed by atoms with Crippen LogP contribution in [0.3, 0.4) is 0 Å². The molecule has 1 fully saturated rings. The van der Waals surface area contributed by atoms with Crippen LogP contribution in [-0.4, -0.2) is 39.3 Å². The monoisotopic (exact) mass is 612 g/mol. The Morgan fingerprint density at radius 1 is 0.870 bits per heavy atom. The molecule has 0 bridgehead atoms. The zero-order chi connectivity index (χ0) is 31.9. The third kappa shape index (κ3) is 7.72. The first-order valence-electron chi connectivity index (χ1n) is 16.4. The third-order valence-corrected chi connectivity index (χ3v) is 9.38. The zero-order valence-electron chi connectivity index (χ0n) is 26.7. The lowest BCUT2D eigenvalue weighted by Crippen LogP contribution is -2.34. The van der Waals surface area contributed by atoms with Crippen molar-refractivity contribution >= 4 is 28.5 Å². The van der Waals surface area contributed by atoms with Gasteiger partial charge in [-0.1, -0.05) is 84.9 Å².